The van der Waals surface area contributed by atoms with Crippen LogP contribution in [0.1, 0.15) is 54.9 Å². The van der Waals surface area contributed by atoms with Crippen molar-refractivity contribution in [3.8, 4) is 0 Å². The Morgan fingerprint density at radius 2 is 1.83 bits per heavy atom. The van der Waals surface area contributed by atoms with Crippen LogP contribution in [-0.4, -0.2) is 11.7 Å². The van der Waals surface area contributed by atoms with Crippen LogP contribution < -0.4 is 0 Å². The molecule has 2 aromatic carbocycles. The molecule has 2 unspecified atom stereocenters. The maximum Gasteiger partial charge on any atom is 0.136 e. The summed E-state index contributed by atoms with van der Waals surface area (Å²) in [6.45, 7) is 2.25. The lowest BCUT2D eigenvalue weighted by molar-refractivity contribution is 0.0490. The zero-order valence-corrected chi connectivity index (χ0v) is 14.5. The molecule has 128 valence electrons. The molecule has 3 rings (SSSR count). The molecular weight excluding hydrogens is 299 g/mol. The first kappa shape index (κ1) is 17.2. The van der Waals surface area contributed by atoms with E-state index in [-0.39, 0.29) is 12.5 Å². The fourth-order valence-electron chi connectivity index (χ4n) is 3.84. The highest BCUT2D eigenvalue weighted by atomic mass is 19.1. The lowest BCUT2D eigenvalue weighted by atomic mass is 9.75. The van der Waals surface area contributed by atoms with Crippen molar-refractivity contribution in [1.29, 1.82) is 0 Å². The minimum atomic E-state index is -1.28. The van der Waals surface area contributed by atoms with Crippen molar-refractivity contribution >= 4 is 0 Å². The smallest absolute Gasteiger partial charge is 0.136 e. The van der Waals surface area contributed by atoms with Crippen LogP contribution in [0.3, 0.4) is 0 Å². The topological polar surface area (TPSA) is 20.2 Å². The minimum Gasteiger partial charge on any atom is -0.396 e. The van der Waals surface area contributed by atoms with Crippen LogP contribution in [-0.2, 0) is 18.5 Å². The highest BCUT2D eigenvalue weighted by Crippen LogP contribution is 2.43. The highest BCUT2D eigenvalue weighted by Gasteiger charge is 2.37. The van der Waals surface area contributed by atoms with Crippen molar-refractivity contribution in [2.24, 2.45) is 5.92 Å². The summed E-state index contributed by atoms with van der Waals surface area (Å²) in [5.74, 6) is 0.0917. The Kier molecular flexibility index (Phi) is 5.35. The third-order valence-corrected chi connectivity index (χ3v) is 5.34. The largest absolute Gasteiger partial charge is 0.396 e. The van der Waals surface area contributed by atoms with Gasteiger partial charge in [-0.05, 0) is 66.7 Å². The first-order chi connectivity index (χ1) is 11.6. The molecule has 1 aliphatic carbocycles. The lowest BCUT2D eigenvalue weighted by Crippen LogP contribution is -2.30. The molecule has 24 heavy (non-hydrogen) atoms. The molecule has 1 nitrogen and oxygen atoms in total. The molecule has 2 atom stereocenters. The van der Waals surface area contributed by atoms with E-state index in [1.165, 1.54) is 11.1 Å². The summed E-state index contributed by atoms with van der Waals surface area (Å²) in [6.07, 6.45) is 4.68. The van der Waals surface area contributed by atoms with Gasteiger partial charge in [0.25, 0.3) is 0 Å². The van der Waals surface area contributed by atoms with E-state index in [0.29, 0.717) is 12.8 Å². The molecule has 0 saturated heterocycles. The number of aliphatic hydroxyl groups is 1. The molecule has 0 bridgehead atoms. The molecule has 0 aliphatic heterocycles. The average molecular weight is 326 g/mol. The second kappa shape index (κ2) is 7.48. The maximum absolute atomic E-state index is 15.4. The van der Waals surface area contributed by atoms with E-state index < -0.39 is 5.67 Å². The molecule has 0 radical (unpaired) electrons. The summed E-state index contributed by atoms with van der Waals surface area (Å²) < 4.78 is 15.4. The van der Waals surface area contributed by atoms with Crippen LogP contribution >= 0.6 is 0 Å². The summed E-state index contributed by atoms with van der Waals surface area (Å²) in [6, 6.07) is 16.6. The third-order valence-electron chi connectivity index (χ3n) is 5.34. The molecule has 2 heteroatoms. The molecule has 2 aromatic rings. The van der Waals surface area contributed by atoms with Gasteiger partial charge in [0.2, 0.25) is 0 Å². The van der Waals surface area contributed by atoms with Gasteiger partial charge in [-0.1, -0.05) is 55.5 Å². The zero-order valence-electron chi connectivity index (χ0n) is 14.5. The van der Waals surface area contributed by atoms with Crippen LogP contribution in [0.25, 0.3) is 0 Å². The van der Waals surface area contributed by atoms with Gasteiger partial charge < -0.3 is 5.11 Å². The standard InChI is InChI=1S/C22H27FO/c1-2-17-8-10-18(11-9-17)13-19-5-3-7-21(14-19)22(23)12-4-6-20(15-22)16-24/h3,5,7-11,14,20,24H,2,4,6,12-13,15-16H2,1H3. The van der Waals surface area contributed by atoms with E-state index in [9.17, 15) is 5.11 Å². The number of benzene rings is 2. The van der Waals surface area contributed by atoms with Gasteiger partial charge in [0.05, 0.1) is 0 Å². The second-order valence-corrected chi connectivity index (χ2v) is 7.16. The monoisotopic (exact) mass is 326 g/mol. The van der Waals surface area contributed by atoms with E-state index >= 15 is 4.39 Å². The number of aryl methyl sites for hydroxylation is 1. The van der Waals surface area contributed by atoms with Crippen molar-refractivity contribution in [2.75, 3.05) is 6.61 Å². The van der Waals surface area contributed by atoms with Crippen LogP contribution in [0.15, 0.2) is 48.5 Å². The summed E-state index contributed by atoms with van der Waals surface area (Å²) >= 11 is 0. The molecule has 1 fully saturated rings. The Balaban J connectivity index is 1.78. The average Bonchev–Trinajstić information content (AvgIpc) is 2.62. The molecule has 0 spiro atoms. The Bertz CT molecular complexity index is 664. The van der Waals surface area contributed by atoms with Crippen LogP contribution in [0.5, 0.6) is 0 Å². The number of hydrogen-bond donors (Lipinski definition) is 1. The van der Waals surface area contributed by atoms with Gasteiger partial charge in [0.1, 0.15) is 5.67 Å². The van der Waals surface area contributed by atoms with Gasteiger partial charge >= 0.3 is 0 Å². The molecule has 1 saturated carbocycles. The van der Waals surface area contributed by atoms with Crippen LogP contribution in [0, 0.1) is 5.92 Å². The van der Waals surface area contributed by atoms with Crippen LogP contribution in [0.2, 0.25) is 0 Å². The number of halogens is 1. The Morgan fingerprint density at radius 1 is 1.08 bits per heavy atom. The Morgan fingerprint density at radius 3 is 2.54 bits per heavy atom. The molecule has 0 heterocycles. The van der Waals surface area contributed by atoms with Crippen molar-refractivity contribution < 1.29 is 9.50 Å². The predicted octanol–water partition coefficient (Wildman–Crippen LogP) is 5.19. The molecule has 1 N–H and O–H groups in total. The maximum atomic E-state index is 15.4. The van der Waals surface area contributed by atoms with Crippen molar-refractivity contribution in [1.82, 2.24) is 0 Å². The number of hydrogen-bond acceptors (Lipinski definition) is 1. The lowest BCUT2D eigenvalue weighted by Gasteiger charge is -2.34. The first-order valence-corrected chi connectivity index (χ1v) is 9.10. The molecule has 0 aromatic heterocycles. The third kappa shape index (κ3) is 3.87. The van der Waals surface area contributed by atoms with E-state index in [0.717, 1.165) is 36.8 Å². The summed E-state index contributed by atoms with van der Waals surface area (Å²) in [5, 5.41) is 9.40. The Hall–Kier alpha value is -1.67. The van der Waals surface area contributed by atoms with E-state index in [1.807, 2.05) is 18.2 Å². The first-order valence-electron chi connectivity index (χ1n) is 9.10. The molecular formula is C22H27FO. The van der Waals surface area contributed by atoms with Crippen LogP contribution in [0.4, 0.5) is 4.39 Å². The Labute approximate surface area is 144 Å². The van der Waals surface area contributed by atoms with E-state index in [1.54, 1.807) is 0 Å². The molecule has 1 aliphatic rings. The molecule has 0 amide bonds. The summed E-state index contributed by atoms with van der Waals surface area (Å²) in [4.78, 5) is 0. The fraction of sp³-hybridized carbons (Fsp3) is 0.455. The van der Waals surface area contributed by atoms with Crippen molar-refractivity contribution in [3.05, 3.63) is 70.8 Å². The summed E-state index contributed by atoms with van der Waals surface area (Å²) in [7, 11) is 0. The zero-order chi connectivity index (χ0) is 17.0. The summed E-state index contributed by atoms with van der Waals surface area (Å²) in [5.41, 5.74) is 3.25. The van der Waals surface area contributed by atoms with Crippen molar-refractivity contribution in [2.45, 2.75) is 51.1 Å². The van der Waals surface area contributed by atoms with Gasteiger partial charge in [-0.15, -0.1) is 0 Å². The number of rotatable bonds is 5. The SMILES string of the molecule is CCc1ccc(Cc2cccc(C3(F)CCCC(CO)C3)c2)cc1. The van der Waals surface area contributed by atoms with E-state index in [2.05, 4.69) is 37.3 Å². The van der Waals surface area contributed by atoms with E-state index in [4.69, 9.17) is 0 Å². The fourth-order valence-corrected chi connectivity index (χ4v) is 3.84. The highest BCUT2D eigenvalue weighted by molar-refractivity contribution is 5.33. The van der Waals surface area contributed by atoms with Gasteiger partial charge in [-0.2, -0.15) is 0 Å². The van der Waals surface area contributed by atoms with Gasteiger partial charge in [-0.25, -0.2) is 4.39 Å². The van der Waals surface area contributed by atoms with Crippen molar-refractivity contribution in [3.63, 3.8) is 0 Å². The quantitative estimate of drug-likeness (QED) is 0.802. The second-order valence-electron chi connectivity index (χ2n) is 7.16. The predicted molar refractivity (Wildman–Crippen MR) is 96.9 cm³/mol. The van der Waals surface area contributed by atoms with Gasteiger partial charge in [0.15, 0.2) is 0 Å². The minimum absolute atomic E-state index is 0.0917. The number of alkyl halides is 1. The number of aliphatic hydroxyl groups excluding tert-OH is 1. The van der Waals surface area contributed by atoms with Gasteiger partial charge in [-0.3, -0.25) is 0 Å². The van der Waals surface area contributed by atoms with Gasteiger partial charge in [0, 0.05) is 6.61 Å². The normalized spacial score (nSPS) is 24.0.